The first-order valence-electron chi connectivity index (χ1n) is 7.23. The van der Waals surface area contributed by atoms with Crippen molar-refractivity contribution in [3.63, 3.8) is 0 Å². The van der Waals surface area contributed by atoms with E-state index in [4.69, 9.17) is 0 Å². The monoisotopic (exact) mass is 449 g/mol. The lowest BCUT2D eigenvalue weighted by atomic mass is 9.89. The summed E-state index contributed by atoms with van der Waals surface area (Å²) in [7, 11) is 0. The smallest absolute Gasteiger partial charge is 0.254 e. The Bertz CT molecular complexity index is 489. The third kappa shape index (κ3) is 3.97. The lowest BCUT2D eigenvalue weighted by Gasteiger charge is -2.22. The molecule has 1 aliphatic rings. The molecule has 0 aliphatic carbocycles. The Morgan fingerprint density at radius 1 is 1.35 bits per heavy atom. The summed E-state index contributed by atoms with van der Waals surface area (Å²) >= 11 is 5.70. The van der Waals surface area contributed by atoms with Gasteiger partial charge in [0.05, 0.1) is 5.56 Å². The van der Waals surface area contributed by atoms with Crippen LogP contribution in [0.2, 0.25) is 0 Å². The van der Waals surface area contributed by atoms with Gasteiger partial charge in [0.1, 0.15) is 0 Å². The minimum absolute atomic E-state index is 0.181. The molecule has 0 N–H and O–H groups in total. The normalized spacial score (nSPS) is 20.1. The summed E-state index contributed by atoms with van der Waals surface area (Å²) in [5.74, 6) is 1.66. The highest BCUT2D eigenvalue weighted by molar-refractivity contribution is 14.1. The van der Waals surface area contributed by atoms with Gasteiger partial charge in [-0.1, -0.05) is 29.8 Å². The first-order chi connectivity index (χ1) is 9.49. The number of carbonyl (C=O) groups excluding carboxylic acids is 1. The fraction of sp³-hybridized carbons (Fsp3) is 0.562. The SMILES string of the molecule is CC(C)C1CCCN(C(=O)c2cc(Br)ccc2I)CC1. The van der Waals surface area contributed by atoms with Crippen molar-refractivity contribution < 1.29 is 4.79 Å². The van der Waals surface area contributed by atoms with E-state index < -0.39 is 0 Å². The molecule has 2 rings (SSSR count). The minimum atomic E-state index is 0.181. The first-order valence-corrected chi connectivity index (χ1v) is 9.10. The molecule has 1 aliphatic heterocycles. The van der Waals surface area contributed by atoms with Gasteiger partial charge in [0.2, 0.25) is 0 Å². The summed E-state index contributed by atoms with van der Waals surface area (Å²) in [4.78, 5) is 14.7. The molecule has 0 bridgehead atoms. The molecule has 1 amide bonds. The predicted molar refractivity (Wildman–Crippen MR) is 94.9 cm³/mol. The lowest BCUT2D eigenvalue weighted by Crippen LogP contribution is -2.32. The number of nitrogens with zero attached hydrogens (tertiary/aromatic N) is 1. The Hall–Kier alpha value is -0.100. The highest BCUT2D eigenvalue weighted by Gasteiger charge is 2.24. The number of carbonyl (C=O) groups is 1. The standard InChI is InChI=1S/C16H21BrINO/c1-11(2)12-4-3-8-19(9-7-12)16(20)14-10-13(17)5-6-15(14)18/h5-6,10-12H,3-4,7-9H2,1-2H3. The number of benzene rings is 1. The summed E-state index contributed by atoms with van der Waals surface area (Å²) in [6, 6.07) is 5.91. The maximum absolute atomic E-state index is 12.7. The van der Waals surface area contributed by atoms with Crippen molar-refractivity contribution in [3.05, 3.63) is 31.8 Å². The van der Waals surface area contributed by atoms with Gasteiger partial charge in [0.25, 0.3) is 5.91 Å². The fourth-order valence-corrected chi connectivity index (χ4v) is 3.75. The third-order valence-corrected chi connectivity index (χ3v) is 5.60. The Labute approximate surface area is 143 Å². The van der Waals surface area contributed by atoms with Crippen LogP contribution in [0.4, 0.5) is 0 Å². The second-order valence-electron chi connectivity index (χ2n) is 5.85. The van der Waals surface area contributed by atoms with Gasteiger partial charge in [-0.2, -0.15) is 0 Å². The van der Waals surface area contributed by atoms with Crippen molar-refractivity contribution in [1.29, 1.82) is 0 Å². The molecule has 1 heterocycles. The largest absolute Gasteiger partial charge is 0.339 e. The zero-order chi connectivity index (χ0) is 14.7. The minimum Gasteiger partial charge on any atom is -0.339 e. The van der Waals surface area contributed by atoms with Crippen LogP contribution in [0.25, 0.3) is 0 Å². The second kappa shape index (κ2) is 7.25. The molecular weight excluding hydrogens is 429 g/mol. The molecule has 4 heteroatoms. The van der Waals surface area contributed by atoms with Gasteiger partial charge in [-0.3, -0.25) is 4.79 Å². The van der Waals surface area contributed by atoms with Crippen molar-refractivity contribution in [2.45, 2.75) is 33.1 Å². The number of hydrogen-bond acceptors (Lipinski definition) is 1. The van der Waals surface area contributed by atoms with Gasteiger partial charge in [-0.15, -0.1) is 0 Å². The van der Waals surface area contributed by atoms with Gasteiger partial charge >= 0.3 is 0 Å². The predicted octanol–water partition coefficient (Wildman–Crippen LogP) is 4.95. The summed E-state index contributed by atoms with van der Waals surface area (Å²) < 4.78 is 2.00. The van der Waals surface area contributed by atoms with Gasteiger partial charge in [0, 0.05) is 21.1 Å². The van der Waals surface area contributed by atoms with E-state index >= 15 is 0 Å². The van der Waals surface area contributed by atoms with E-state index in [-0.39, 0.29) is 5.91 Å². The Morgan fingerprint density at radius 3 is 2.80 bits per heavy atom. The Morgan fingerprint density at radius 2 is 2.10 bits per heavy atom. The highest BCUT2D eigenvalue weighted by atomic mass is 127. The molecule has 0 aromatic heterocycles. The molecule has 0 radical (unpaired) electrons. The molecule has 110 valence electrons. The van der Waals surface area contributed by atoms with Crippen LogP contribution < -0.4 is 0 Å². The van der Waals surface area contributed by atoms with Crippen molar-refractivity contribution >= 4 is 44.4 Å². The van der Waals surface area contributed by atoms with E-state index in [0.29, 0.717) is 0 Å². The lowest BCUT2D eigenvalue weighted by molar-refractivity contribution is 0.0757. The molecule has 0 saturated carbocycles. The zero-order valence-corrected chi connectivity index (χ0v) is 15.8. The van der Waals surface area contributed by atoms with Crippen LogP contribution in [0.1, 0.15) is 43.5 Å². The average molecular weight is 450 g/mol. The van der Waals surface area contributed by atoms with Crippen molar-refractivity contribution in [3.8, 4) is 0 Å². The summed E-state index contributed by atoms with van der Waals surface area (Å²) in [5.41, 5.74) is 0.822. The number of hydrogen-bond donors (Lipinski definition) is 0. The molecule has 20 heavy (non-hydrogen) atoms. The first kappa shape index (κ1) is 16.3. The maximum atomic E-state index is 12.7. The molecule has 0 spiro atoms. The summed E-state index contributed by atoms with van der Waals surface area (Å²) in [6.07, 6.45) is 3.50. The van der Waals surface area contributed by atoms with Crippen LogP contribution in [0, 0.1) is 15.4 Å². The average Bonchev–Trinajstić information content (AvgIpc) is 2.66. The van der Waals surface area contributed by atoms with Crippen LogP contribution in [0.3, 0.4) is 0 Å². The van der Waals surface area contributed by atoms with Crippen LogP contribution in [-0.2, 0) is 0 Å². The quantitative estimate of drug-likeness (QED) is 0.585. The Balaban J connectivity index is 2.11. The number of rotatable bonds is 2. The van der Waals surface area contributed by atoms with Crippen LogP contribution in [0.5, 0.6) is 0 Å². The van der Waals surface area contributed by atoms with Gasteiger partial charge in [-0.05, 0) is 71.9 Å². The van der Waals surface area contributed by atoms with Crippen LogP contribution in [0.15, 0.2) is 22.7 Å². The Kier molecular flexibility index (Phi) is 5.90. The topological polar surface area (TPSA) is 20.3 Å². The summed E-state index contributed by atoms with van der Waals surface area (Å²) in [5, 5.41) is 0. The van der Waals surface area contributed by atoms with Crippen molar-refractivity contribution in [2.75, 3.05) is 13.1 Å². The van der Waals surface area contributed by atoms with E-state index in [2.05, 4.69) is 52.4 Å². The highest BCUT2D eigenvalue weighted by Crippen LogP contribution is 2.26. The molecular formula is C16H21BrINO. The van der Waals surface area contributed by atoms with E-state index in [1.165, 1.54) is 6.42 Å². The molecule has 1 atom stereocenters. The second-order valence-corrected chi connectivity index (χ2v) is 7.93. The summed E-state index contributed by atoms with van der Waals surface area (Å²) in [6.45, 7) is 6.37. The molecule has 1 unspecified atom stereocenters. The van der Waals surface area contributed by atoms with E-state index in [1.54, 1.807) is 0 Å². The van der Waals surface area contributed by atoms with E-state index in [9.17, 15) is 4.79 Å². The number of halogens is 2. The van der Waals surface area contributed by atoms with Gasteiger partial charge < -0.3 is 4.90 Å². The zero-order valence-electron chi connectivity index (χ0n) is 12.0. The molecule has 1 aromatic rings. The van der Waals surface area contributed by atoms with Crippen molar-refractivity contribution in [1.82, 2.24) is 4.90 Å². The maximum Gasteiger partial charge on any atom is 0.254 e. The molecule has 1 fully saturated rings. The van der Waals surface area contributed by atoms with E-state index in [1.807, 2.05) is 23.1 Å². The fourth-order valence-electron chi connectivity index (χ4n) is 2.82. The van der Waals surface area contributed by atoms with Gasteiger partial charge in [-0.25, -0.2) is 0 Å². The molecule has 1 aromatic carbocycles. The van der Waals surface area contributed by atoms with Crippen LogP contribution >= 0.6 is 38.5 Å². The van der Waals surface area contributed by atoms with E-state index in [0.717, 1.165) is 51.4 Å². The van der Waals surface area contributed by atoms with Crippen LogP contribution in [-0.4, -0.2) is 23.9 Å². The number of amides is 1. The van der Waals surface area contributed by atoms with Crippen molar-refractivity contribution in [2.24, 2.45) is 11.8 Å². The molecule has 2 nitrogen and oxygen atoms in total. The third-order valence-electron chi connectivity index (χ3n) is 4.16. The molecule has 1 saturated heterocycles. The van der Waals surface area contributed by atoms with Gasteiger partial charge in [0.15, 0.2) is 0 Å². The number of likely N-dealkylation sites (tertiary alicyclic amines) is 1.